The first-order chi connectivity index (χ1) is 20.2. The van der Waals surface area contributed by atoms with Gasteiger partial charge >= 0.3 is 12.0 Å². The lowest BCUT2D eigenvalue weighted by Crippen LogP contribution is -2.45. The summed E-state index contributed by atoms with van der Waals surface area (Å²) < 4.78 is 40.0. The van der Waals surface area contributed by atoms with E-state index in [4.69, 9.17) is 9.47 Å². The number of phenols is 1. The van der Waals surface area contributed by atoms with Gasteiger partial charge in [-0.05, 0) is 46.9 Å². The molecular weight excluding hydrogens is 542 g/mol. The quantitative estimate of drug-likeness (QED) is 0.177. The van der Waals surface area contributed by atoms with E-state index in [1.54, 1.807) is 60.7 Å². The molecule has 0 aliphatic rings. The Bertz CT molecular complexity index is 1470. The van der Waals surface area contributed by atoms with Gasteiger partial charge in [-0.25, -0.2) is 4.79 Å². The molecular formula is C33H32F2N2O5. The topological polar surface area (TPSA) is 96.9 Å². The molecule has 2 amide bonds. The van der Waals surface area contributed by atoms with Crippen LogP contribution in [-0.4, -0.2) is 29.1 Å². The van der Waals surface area contributed by atoms with Gasteiger partial charge in [0.25, 0.3) is 5.91 Å². The van der Waals surface area contributed by atoms with E-state index in [0.717, 1.165) is 16.7 Å². The van der Waals surface area contributed by atoms with Crippen LogP contribution in [0.25, 0.3) is 11.1 Å². The number of nitrogens with one attached hydrogen (secondary N) is 2. The van der Waals surface area contributed by atoms with Crippen LogP contribution in [0.1, 0.15) is 30.0 Å². The molecule has 0 spiro atoms. The van der Waals surface area contributed by atoms with Gasteiger partial charge in [0.2, 0.25) is 0 Å². The minimum atomic E-state index is -3.70. The molecule has 7 nitrogen and oxygen atoms in total. The zero-order chi connectivity index (χ0) is 30.0. The van der Waals surface area contributed by atoms with Crippen LogP contribution in [0.2, 0.25) is 0 Å². The van der Waals surface area contributed by atoms with Gasteiger partial charge in [-0.1, -0.05) is 84.9 Å². The maximum Gasteiger partial charge on any atom is 0.407 e. The molecule has 42 heavy (non-hydrogen) atoms. The second-order valence-corrected chi connectivity index (χ2v) is 9.89. The van der Waals surface area contributed by atoms with Gasteiger partial charge in [-0.15, -0.1) is 0 Å². The van der Waals surface area contributed by atoms with E-state index in [2.05, 4.69) is 10.6 Å². The Kier molecular flexibility index (Phi) is 10.1. The number of ether oxygens (including phenoxy) is 2. The van der Waals surface area contributed by atoms with Crippen molar-refractivity contribution in [3.05, 3.63) is 120 Å². The fraction of sp³-hybridized carbons (Fsp3) is 0.212. The van der Waals surface area contributed by atoms with Crippen LogP contribution < -0.4 is 15.4 Å². The summed E-state index contributed by atoms with van der Waals surface area (Å²) in [4.78, 5) is 24.2. The number of amides is 2. The summed E-state index contributed by atoms with van der Waals surface area (Å²) in [6.45, 7) is 1.62. The number of halogens is 2. The smallest absolute Gasteiger partial charge is 0.407 e. The van der Waals surface area contributed by atoms with Gasteiger partial charge in [0.1, 0.15) is 24.7 Å². The lowest BCUT2D eigenvalue weighted by atomic mass is 10.0. The highest BCUT2D eigenvalue weighted by molar-refractivity contribution is 5.83. The number of rotatable bonds is 12. The Balaban J connectivity index is 1.26. The third-order valence-corrected chi connectivity index (χ3v) is 6.35. The molecule has 0 saturated carbocycles. The van der Waals surface area contributed by atoms with E-state index in [1.165, 1.54) is 13.0 Å². The molecule has 4 aromatic carbocycles. The maximum atomic E-state index is 14.6. The van der Waals surface area contributed by atoms with Gasteiger partial charge < -0.3 is 25.2 Å². The van der Waals surface area contributed by atoms with Gasteiger partial charge in [0, 0.05) is 25.1 Å². The lowest BCUT2D eigenvalue weighted by molar-refractivity contribution is -0.147. The van der Waals surface area contributed by atoms with Crippen LogP contribution >= 0.6 is 0 Å². The van der Waals surface area contributed by atoms with Crippen LogP contribution in [0, 0.1) is 0 Å². The summed E-state index contributed by atoms with van der Waals surface area (Å²) in [6.07, 6.45) is -1.73. The van der Waals surface area contributed by atoms with Crippen molar-refractivity contribution in [1.29, 1.82) is 0 Å². The fourth-order valence-corrected chi connectivity index (χ4v) is 4.20. The standard InChI is InChI=1S/C33H32F2N2O5/c1-23(37-32(40)42-22-26-10-6-3-7-11-26)19-33(34,35)31(39)36-20-24-12-14-27(15-13-24)28-16-29(38)18-30(17-28)41-21-25-8-4-2-5-9-25/h2-18,23,38H,19-22H2,1H3,(H,36,39)(H,37,40). The van der Waals surface area contributed by atoms with Crippen molar-refractivity contribution in [1.82, 2.24) is 10.6 Å². The molecule has 1 unspecified atom stereocenters. The summed E-state index contributed by atoms with van der Waals surface area (Å²) in [5.41, 5.74) is 3.85. The highest BCUT2D eigenvalue weighted by Gasteiger charge is 2.40. The Hall–Kier alpha value is -4.92. The number of hydrogen-bond acceptors (Lipinski definition) is 5. The summed E-state index contributed by atoms with van der Waals surface area (Å²) in [6, 6.07) is 29.5. The van der Waals surface area contributed by atoms with Crippen molar-refractivity contribution < 1.29 is 33.0 Å². The third-order valence-electron chi connectivity index (χ3n) is 6.35. The third kappa shape index (κ3) is 9.05. The van der Waals surface area contributed by atoms with Crippen molar-refractivity contribution in [3.63, 3.8) is 0 Å². The minimum Gasteiger partial charge on any atom is -0.508 e. The van der Waals surface area contributed by atoms with E-state index >= 15 is 0 Å². The molecule has 0 saturated heterocycles. The maximum absolute atomic E-state index is 14.6. The molecule has 9 heteroatoms. The average molecular weight is 575 g/mol. The number of benzene rings is 4. The highest BCUT2D eigenvalue weighted by Crippen LogP contribution is 2.30. The number of carbonyl (C=O) groups excluding carboxylic acids is 2. The largest absolute Gasteiger partial charge is 0.508 e. The first-order valence-corrected chi connectivity index (χ1v) is 13.4. The average Bonchev–Trinajstić information content (AvgIpc) is 2.98. The molecule has 0 radical (unpaired) electrons. The normalized spacial score (nSPS) is 11.8. The Morgan fingerprint density at radius 2 is 1.43 bits per heavy atom. The van der Waals surface area contributed by atoms with Gasteiger partial charge in [0.15, 0.2) is 0 Å². The molecule has 218 valence electrons. The summed E-state index contributed by atoms with van der Waals surface area (Å²) in [5.74, 6) is -4.60. The SMILES string of the molecule is CC(CC(F)(F)C(=O)NCc1ccc(-c2cc(O)cc(OCc3ccccc3)c2)cc1)NC(=O)OCc1ccccc1. The fourth-order valence-electron chi connectivity index (χ4n) is 4.20. The minimum absolute atomic E-state index is 0.00367. The van der Waals surface area contributed by atoms with Crippen molar-refractivity contribution in [2.45, 2.75) is 45.1 Å². The van der Waals surface area contributed by atoms with Crippen LogP contribution in [0.3, 0.4) is 0 Å². The second-order valence-electron chi connectivity index (χ2n) is 9.89. The molecule has 0 aromatic heterocycles. The molecule has 0 bridgehead atoms. The number of phenolic OH excluding ortho intramolecular Hbond substituents is 1. The van der Waals surface area contributed by atoms with Crippen molar-refractivity contribution in [3.8, 4) is 22.6 Å². The Labute approximate surface area is 243 Å². The molecule has 4 aromatic rings. The molecule has 0 aliphatic heterocycles. The van der Waals surface area contributed by atoms with E-state index in [0.29, 0.717) is 23.5 Å². The number of aromatic hydroxyl groups is 1. The Morgan fingerprint density at radius 1 is 0.810 bits per heavy atom. The van der Waals surface area contributed by atoms with Gasteiger partial charge in [0.05, 0.1) is 0 Å². The first-order valence-electron chi connectivity index (χ1n) is 13.4. The zero-order valence-corrected chi connectivity index (χ0v) is 23.1. The molecule has 0 aliphatic carbocycles. The second kappa shape index (κ2) is 14.1. The van der Waals surface area contributed by atoms with E-state index in [1.807, 2.05) is 36.4 Å². The van der Waals surface area contributed by atoms with Crippen molar-refractivity contribution in [2.75, 3.05) is 0 Å². The predicted octanol–water partition coefficient (Wildman–Crippen LogP) is 6.59. The number of alkyl halides is 2. The molecule has 1 atom stereocenters. The molecule has 0 heterocycles. The highest BCUT2D eigenvalue weighted by atomic mass is 19.3. The lowest BCUT2D eigenvalue weighted by Gasteiger charge is -2.21. The molecule has 4 rings (SSSR count). The van der Waals surface area contributed by atoms with Crippen molar-refractivity contribution in [2.24, 2.45) is 0 Å². The predicted molar refractivity (Wildman–Crippen MR) is 155 cm³/mol. The number of hydrogen-bond donors (Lipinski definition) is 3. The summed E-state index contributed by atoms with van der Waals surface area (Å²) in [7, 11) is 0. The summed E-state index contributed by atoms with van der Waals surface area (Å²) in [5, 5.41) is 14.8. The monoisotopic (exact) mass is 574 g/mol. The van der Waals surface area contributed by atoms with Gasteiger partial charge in [-0.3, -0.25) is 4.79 Å². The van der Waals surface area contributed by atoms with Crippen LogP contribution in [0.15, 0.2) is 103 Å². The number of alkyl carbamates (subject to hydrolysis) is 1. The molecule has 0 fully saturated rings. The van der Waals surface area contributed by atoms with E-state index in [-0.39, 0.29) is 18.9 Å². The first kappa shape index (κ1) is 30.0. The van der Waals surface area contributed by atoms with Crippen LogP contribution in [0.5, 0.6) is 11.5 Å². The molecule has 3 N–H and O–H groups in total. The van der Waals surface area contributed by atoms with Gasteiger partial charge in [-0.2, -0.15) is 8.78 Å². The van der Waals surface area contributed by atoms with Crippen molar-refractivity contribution >= 4 is 12.0 Å². The number of carbonyl (C=O) groups is 2. The van der Waals surface area contributed by atoms with Crippen LogP contribution in [0.4, 0.5) is 13.6 Å². The van der Waals surface area contributed by atoms with E-state index < -0.39 is 30.4 Å². The Morgan fingerprint density at radius 3 is 2.07 bits per heavy atom. The summed E-state index contributed by atoms with van der Waals surface area (Å²) >= 11 is 0. The zero-order valence-electron chi connectivity index (χ0n) is 23.1. The van der Waals surface area contributed by atoms with Crippen LogP contribution in [-0.2, 0) is 29.3 Å². The van der Waals surface area contributed by atoms with E-state index in [9.17, 15) is 23.5 Å².